The molecular formula is C16H18N6O. The van der Waals surface area contributed by atoms with E-state index in [0.29, 0.717) is 17.6 Å². The number of piperazine rings is 1. The normalized spacial score (nSPS) is 15.2. The van der Waals surface area contributed by atoms with E-state index in [1.807, 2.05) is 22.8 Å². The molecule has 1 saturated heterocycles. The summed E-state index contributed by atoms with van der Waals surface area (Å²) in [5.41, 5.74) is 2.15. The lowest BCUT2D eigenvalue weighted by molar-refractivity contribution is 0.571. The predicted octanol–water partition coefficient (Wildman–Crippen LogP) is 0.578. The van der Waals surface area contributed by atoms with Crippen molar-refractivity contribution in [3.8, 4) is 0 Å². The van der Waals surface area contributed by atoms with Crippen molar-refractivity contribution in [3.63, 3.8) is 0 Å². The molecule has 1 aliphatic heterocycles. The van der Waals surface area contributed by atoms with Crippen molar-refractivity contribution < 1.29 is 0 Å². The molecule has 2 N–H and O–H groups in total. The first-order valence-electron chi connectivity index (χ1n) is 7.76. The molecule has 4 rings (SSSR count). The Bertz CT molecular complexity index is 863. The van der Waals surface area contributed by atoms with Gasteiger partial charge >= 0.3 is 0 Å². The lowest BCUT2D eigenvalue weighted by atomic mass is 10.2. The molecule has 23 heavy (non-hydrogen) atoms. The number of hydrogen-bond acceptors (Lipinski definition) is 5. The number of H-pyrrole nitrogens is 1. The largest absolute Gasteiger partial charge is 0.340 e. The van der Waals surface area contributed by atoms with Crippen LogP contribution < -0.4 is 15.8 Å². The molecule has 2 aromatic heterocycles. The van der Waals surface area contributed by atoms with Gasteiger partial charge in [0.2, 0.25) is 5.95 Å². The molecule has 7 heteroatoms. The quantitative estimate of drug-likeness (QED) is 0.740. The highest BCUT2D eigenvalue weighted by atomic mass is 16.1. The molecule has 1 aromatic carbocycles. The van der Waals surface area contributed by atoms with Crippen molar-refractivity contribution in [2.45, 2.75) is 6.54 Å². The van der Waals surface area contributed by atoms with Gasteiger partial charge < -0.3 is 14.8 Å². The number of nitrogens with one attached hydrogen (secondary N) is 2. The van der Waals surface area contributed by atoms with Crippen LogP contribution in [-0.4, -0.2) is 45.9 Å². The van der Waals surface area contributed by atoms with Gasteiger partial charge in [0.15, 0.2) is 0 Å². The number of fused-ring (bicyclic) bond motifs is 1. The maximum absolute atomic E-state index is 12.3. The van der Waals surface area contributed by atoms with Gasteiger partial charge in [0.1, 0.15) is 11.0 Å². The van der Waals surface area contributed by atoms with Crippen LogP contribution in [0.5, 0.6) is 0 Å². The van der Waals surface area contributed by atoms with Crippen molar-refractivity contribution in [2.75, 3.05) is 31.1 Å². The molecule has 7 nitrogen and oxygen atoms in total. The molecular weight excluding hydrogens is 292 g/mol. The molecule has 0 saturated carbocycles. The molecule has 0 bridgehead atoms. The zero-order chi connectivity index (χ0) is 15.6. The van der Waals surface area contributed by atoms with Gasteiger partial charge in [-0.1, -0.05) is 30.3 Å². The van der Waals surface area contributed by atoms with Gasteiger partial charge in [-0.2, -0.15) is 5.10 Å². The van der Waals surface area contributed by atoms with Crippen LogP contribution in [0.3, 0.4) is 0 Å². The second-order valence-corrected chi connectivity index (χ2v) is 5.65. The average molecular weight is 310 g/mol. The van der Waals surface area contributed by atoms with Crippen LogP contribution >= 0.6 is 0 Å². The molecule has 0 aliphatic carbocycles. The predicted molar refractivity (Wildman–Crippen MR) is 88.8 cm³/mol. The summed E-state index contributed by atoms with van der Waals surface area (Å²) in [7, 11) is 0. The number of nitrogens with zero attached hydrogens (tertiary/aromatic N) is 4. The highest BCUT2D eigenvalue weighted by Crippen LogP contribution is 2.21. The molecule has 0 unspecified atom stereocenters. The van der Waals surface area contributed by atoms with Crippen molar-refractivity contribution >= 4 is 17.0 Å². The maximum atomic E-state index is 12.3. The van der Waals surface area contributed by atoms with Crippen molar-refractivity contribution in [3.05, 3.63) is 52.4 Å². The van der Waals surface area contributed by atoms with E-state index in [-0.39, 0.29) is 5.56 Å². The highest BCUT2D eigenvalue weighted by molar-refractivity contribution is 5.77. The van der Waals surface area contributed by atoms with Gasteiger partial charge in [0.05, 0.1) is 12.7 Å². The lowest BCUT2D eigenvalue weighted by Crippen LogP contribution is -2.44. The first-order chi connectivity index (χ1) is 11.3. The summed E-state index contributed by atoms with van der Waals surface area (Å²) >= 11 is 0. The molecule has 0 radical (unpaired) electrons. The second kappa shape index (κ2) is 5.85. The second-order valence-electron chi connectivity index (χ2n) is 5.65. The van der Waals surface area contributed by atoms with Gasteiger partial charge in [-0.3, -0.25) is 4.79 Å². The van der Waals surface area contributed by atoms with E-state index >= 15 is 0 Å². The van der Waals surface area contributed by atoms with Gasteiger partial charge in [-0.25, -0.2) is 10.1 Å². The van der Waals surface area contributed by atoms with Gasteiger partial charge in [-0.15, -0.1) is 0 Å². The highest BCUT2D eigenvalue weighted by Gasteiger charge is 2.20. The van der Waals surface area contributed by atoms with E-state index in [1.165, 1.54) is 0 Å². The van der Waals surface area contributed by atoms with Crippen molar-refractivity contribution in [2.24, 2.45) is 0 Å². The van der Waals surface area contributed by atoms with E-state index in [1.54, 1.807) is 6.20 Å². The van der Waals surface area contributed by atoms with E-state index in [0.717, 1.165) is 37.7 Å². The average Bonchev–Trinajstić information content (AvgIpc) is 2.96. The third-order valence-corrected chi connectivity index (χ3v) is 4.13. The van der Waals surface area contributed by atoms with Crippen LogP contribution in [0.4, 0.5) is 5.95 Å². The summed E-state index contributed by atoms with van der Waals surface area (Å²) in [4.78, 5) is 19.2. The fourth-order valence-corrected chi connectivity index (χ4v) is 3.02. The van der Waals surface area contributed by atoms with Crippen LogP contribution in [0.2, 0.25) is 0 Å². The van der Waals surface area contributed by atoms with E-state index in [4.69, 9.17) is 0 Å². The van der Waals surface area contributed by atoms with Gasteiger partial charge in [0, 0.05) is 26.2 Å². The molecule has 118 valence electrons. The Balaban J connectivity index is 1.85. The molecule has 0 spiro atoms. The Morgan fingerprint density at radius 1 is 1.13 bits per heavy atom. The monoisotopic (exact) mass is 310 g/mol. The van der Waals surface area contributed by atoms with Crippen LogP contribution in [0.15, 0.2) is 41.3 Å². The molecule has 0 amide bonds. The Labute approximate surface area is 133 Å². The van der Waals surface area contributed by atoms with Gasteiger partial charge in [-0.05, 0) is 5.56 Å². The minimum atomic E-state index is -0.202. The standard InChI is InChI=1S/C16H18N6O/c23-15-14-13(10-18-20-15)19-16(21-8-6-17-7-9-21)22(14)11-12-4-2-1-3-5-12/h1-5,10,17H,6-9,11H2,(H,20,23). The topological polar surface area (TPSA) is 78.8 Å². The molecule has 1 aliphatic rings. The fourth-order valence-electron chi connectivity index (χ4n) is 3.02. The third-order valence-electron chi connectivity index (χ3n) is 4.13. The molecule has 0 atom stereocenters. The number of anilines is 1. The first-order valence-corrected chi connectivity index (χ1v) is 7.76. The van der Waals surface area contributed by atoms with Gasteiger partial charge in [0.25, 0.3) is 5.56 Å². The summed E-state index contributed by atoms with van der Waals surface area (Å²) in [5, 5.41) is 9.73. The zero-order valence-corrected chi connectivity index (χ0v) is 12.7. The van der Waals surface area contributed by atoms with Crippen LogP contribution in [0.1, 0.15) is 5.56 Å². The molecule has 1 fully saturated rings. The van der Waals surface area contributed by atoms with Crippen LogP contribution in [-0.2, 0) is 6.54 Å². The smallest absolute Gasteiger partial charge is 0.290 e. The van der Waals surface area contributed by atoms with Crippen LogP contribution in [0, 0.1) is 0 Å². The molecule has 3 aromatic rings. The maximum Gasteiger partial charge on any atom is 0.290 e. The van der Waals surface area contributed by atoms with E-state index < -0.39 is 0 Å². The Hall–Kier alpha value is -2.67. The summed E-state index contributed by atoms with van der Waals surface area (Å²) in [5.74, 6) is 0.837. The summed E-state index contributed by atoms with van der Waals surface area (Å²) in [6, 6.07) is 10.1. The minimum Gasteiger partial charge on any atom is -0.340 e. The number of imidazole rings is 1. The number of aromatic amines is 1. The van der Waals surface area contributed by atoms with Crippen LogP contribution in [0.25, 0.3) is 11.0 Å². The zero-order valence-electron chi connectivity index (χ0n) is 12.7. The fraction of sp³-hybridized carbons (Fsp3) is 0.312. The van der Waals surface area contributed by atoms with Crippen molar-refractivity contribution in [1.82, 2.24) is 25.1 Å². The van der Waals surface area contributed by atoms with E-state index in [9.17, 15) is 4.79 Å². The summed E-state index contributed by atoms with van der Waals surface area (Å²) < 4.78 is 2.00. The van der Waals surface area contributed by atoms with E-state index in [2.05, 4.69) is 37.5 Å². The Morgan fingerprint density at radius 3 is 2.70 bits per heavy atom. The Kier molecular flexibility index (Phi) is 3.55. The Morgan fingerprint density at radius 2 is 1.91 bits per heavy atom. The lowest BCUT2D eigenvalue weighted by Gasteiger charge is -2.28. The summed E-state index contributed by atoms with van der Waals surface area (Å²) in [6.45, 7) is 4.21. The number of hydrogen-bond donors (Lipinski definition) is 2. The SMILES string of the molecule is O=c1[nH]ncc2nc(N3CCNCC3)n(Cc3ccccc3)c12. The first kappa shape index (κ1) is 14.0. The number of benzene rings is 1. The number of aromatic nitrogens is 4. The molecule has 3 heterocycles. The third kappa shape index (κ3) is 2.59. The minimum absolute atomic E-state index is 0.202. The van der Waals surface area contributed by atoms with Crippen molar-refractivity contribution in [1.29, 1.82) is 0 Å². The summed E-state index contributed by atoms with van der Waals surface area (Å²) in [6.07, 6.45) is 1.62. The number of rotatable bonds is 3.